The summed E-state index contributed by atoms with van der Waals surface area (Å²) in [5, 5.41) is 22.8. The predicted molar refractivity (Wildman–Crippen MR) is 96.1 cm³/mol. The lowest BCUT2D eigenvalue weighted by Crippen LogP contribution is -2.63. The smallest absolute Gasteiger partial charge is 0.353 e. The molecule has 2 saturated heterocycles. The molecule has 26 heavy (non-hydrogen) atoms. The van der Waals surface area contributed by atoms with Gasteiger partial charge < -0.3 is 25.3 Å². The first-order chi connectivity index (χ1) is 12.1. The number of fused-ring (bicyclic) bond motifs is 1. The molecule has 0 aliphatic carbocycles. The maximum Gasteiger partial charge on any atom is 0.353 e. The number of aliphatic hydroxyl groups is 1. The molecule has 0 aromatic carbocycles. The summed E-state index contributed by atoms with van der Waals surface area (Å²) in [4.78, 5) is 39.8. The van der Waals surface area contributed by atoms with Crippen molar-refractivity contribution in [3.8, 4) is 0 Å². The van der Waals surface area contributed by atoms with E-state index in [0.29, 0.717) is 17.9 Å². The number of β-lactam (4-membered cyclic amide) rings is 1. The molecular formula is C17H25N3O5S. The minimum Gasteiger partial charge on any atom is -0.477 e. The fourth-order valence-electron chi connectivity index (χ4n) is 4.15. The maximum absolute atomic E-state index is 12.3. The summed E-state index contributed by atoms with van der Waals surface area (Å²) >= 11 is 1.45. The fourth-order valence-corrected chi connectivity index (χ4v) is 5.63. The summed E-state index contributed by atoms with van der Waals surface area (Å²) in [6, 6.07) is -0.568. The van der Waals surface area contributed by atoms with E-state index in [1.54, 1.807) is 25.9 Å². The molecule has 0 aromatic rings. The highest BCUT2D eigenvalue weighted by Gasteiger charge is 2.60. The van der Waals surface area contributed by atoms with Crippen molar-refractivity contribution in [2.75, 3.05) is 20.6 Å². The van der Waals surface area contributed by atoms with E-state index in [1.165, 1.54) is 16.7 Å². The van der Waals surface area contributed by atoms with Crippen molar-refractivity contribution in [3.05, 3.63) is 10.6 Å². The monoisotopic (exact) mass is 383 g/mol. The SMILES string of the molecule is CC(O)[C@H]1C(=O)N2C(C(=O)O)=C(SC3CNC(C(=O)N(C)C)C3)[C@H](C)[C@H]12. The molecular weight excluding hydrogens is 358 g/mol. The summed E-state index contributed by atoms with van der Waals surface area (Å²) < 4.78 is 0. The molecule has 0 bridgehead atoms. The van der Waals surface area contributed by atoms with Gasteiger partial charge in [-0.25, -0.2) is 4.79 Å². The molecule has 0 spiro atoms. The van der Waals surface area contributed by atoms with Gasteiger partial charge in [-0.15, -0.1) is 11.8 Å². The Balaban J connectivity index is 1.78. The summed E-state index contributed by atoms with van der Waals surface area (Å²) in [7, 11) is 3.42. The van der Waals surface area contributed by atoms with Gasteiger partial charge in [0.05, 0.1) is 24.1 Å². The molecule has 3 unspecified atom stereocenters. The lowest BCUT2D eigenvalue weighted by Gasteiger charge is -2.46. The van der Waals surface area contributed by atoms with Crippen LogP contribution in [0.1, 0.15) is 20.3 Å². The van der Waals surface area contributed by atoms with E-state index in [-0.39, 0.29) is 40.8 Å². The van der Waals surface area contributed by atoms with Crippen molar-refractivity contribution in [2.24, 2.45) is 11.8 Å². The Labute approximate surface area is 156 Å². The molecule has 2 amide bonds. The van der Waals surface area contributed by atoms with E-state index in [2.05, 4.69) is 5.32 Å². The van der Waals surface area contributed by atoms with E-state index >= 15 is 0 Å². The van der Waals surface area contributed by atoms with Gasteiger partial charge in [-0.1, -0.05) is 6.92 Å². The number of hydrogen-bond donors (Lipinski definition) is 3. The van der Waals surface area contributed by atoms with Crippen molar-refractivity contribution < 1.29 is 24.6 Å². The Morgan fingerprint density at radius 1 is 1.38 bits per heavy atom. The number of carboxylic acid groups (broad SMARTS) is 1. The number of likely N-dealkylation sites (N-methyl/N-ethyl adjacent to an activating group) is 1. The second kappa shape index (κ2) is 6.86. The van der Waals surface area contributed by atoms with Gasteiger partial charge in [0, 0.05) is 36.7 Å². The Morgan fingerprint density at radius 3 is 2.58 bits per heavy atom. The quantitative estimate of drug-likeness (QED) is 0.559. The number of amides is 2. The summed E-state index contributed by atoms with van der Waals surface area (Å²) in [5.41, 5.74) is 0.0387. The van der Waals surface area contributed by atoms with Crippen molar-refractivity contribution in [3.63, 3.8) is 0 Å². The molecule has 0 radical (unpaired) electrons. The van der Waals surface area contributed by atoms with Crippen LogP contribution in [0.5, 0.6) is 0 Å². The molecule has 3 aliphatic heterocycles. The number of hydrogen-bond acceptors (Lipinski definition) is 6. The van der Waals surface area contributed by atoms with Crippen LogP contribution in [-0.2, 0) is 14.4 Å². The zero-order chi connectivity index (χ0) is 19.3. The molecule has 9 heteroatoms. The summed E-state index contributed by atoms with van der Waals surface area (Å²) in [6.07, 6.45) is -0.190. The van der Waals surface area contributed by atoms with Crippen LogP contribution >= 0.6 is 11.8 Å². The van der Waals surface area contributed by atoms with Gasteiger partial charge in [-0.3, -0.25) is 9.59 Å². The fraction of sp³-hybridized carbons (Fsp3) is 0.706. The van der Waals surface area contributed by atoms with Crippen molar-refractivity contribution in [1.29, 1.82) is 0 Å². The van der Waals surface area contributed by atoms with Crippen LogP contribution in [0.25, 0.3) is 0 Å². The summed E-state index contributed by atoms with van der Waals surface area (Å²) in [5.74, 6) is -2.14. The first-order valence-electron chi connectivity index (χ1n) is 8.75. The third-order valence-corrected chi connectivity index (χ3v) is 6.95. The van der Waals surface area contributed by atoms with Gasteiger partial charge in [0.25, 0.3) is 0 Å². The third kappa shape index (κ3) is 2.91. The highest BCUT2D eigenvalue weighted by atomic mass is 32.2. The second-order valence-corrected chi connectivity index (χ2v) is 8.78. The first kappa shape index (κ1) is 19.2. The minimum absolute atomic E-state index is 0.00757. The first-order valence-corrected chi connectivity index (χ1v) is 9.62. The van der Waals surface area contributed by atoms with Crippen molar-refractivity contribution in [1.82, 2.24) is 15.1 Å². The van der Waals surface area contributed by atoms with Crippen molar-refractivity contribution >= 4 is 29.5 Å². The zero-order valence-corrected chi connectivity index (χ0v) is 16.1. The topological polar surface area (TPSA) is 110 Å². The van der Waals surface area contributed by atoms with Gasteiger partial charge in [0.15, 0.2) is 0 Å². The lowest BCUT2D eigenvalue weighted by atomic mass is 9.79. The number of carboxylic acids is 1. The largest absolute Gasteiger partial charge is 0.477 e. The Hall–Kier alpha value is -1.58. The van der Waals surface area contributed by atoms with Gasteiger partial charge in [0.2, 0.25) is 11.8 Å². The van der Waals surface area contributed by atoms with Gasteiger partial charge in [-0.05, 0) is 13.3 Å². The van der Waals surface area contributed by atoms with E-state index in [9.17, 15) is 24.6 Å². The molecule has 3 rings (SSSR count). The standard InChI is InChI=1S/C17H25N3O5S/c1-7-12-11(8(2)21)16(23)20(12)13(17(24)25)14(7)26-9-5-10(18-6-9)15(22)19(3)4/h7-12,18,21H,5-6H2,1-4H3,(H,24,25)/t7-,8?,9?,10?,11-,12-/m1/s1. The average Bonchev–Trinajstić information content (AvgIpc) is 3.09. The van der Waals surface area contributed by atoms with Gasteiger partial charge in [-0.2, -0.15) is 0 Å². The number of rotatable bonds is 5. The Morgan fingerprint density at radius 2 is 2.04 bits per heavy atom. The van der Waals surface area contributed by atoms with Crippen LogP contribution in [0, 0.1) is 11.8 Å². The van der Waals surface area contributed by atoms with E-state index in [1.807, 2.05) is 6.92 Å². The predicted octanol–water partition coefficient (Wildman–Crippen LogP) is -0.308. The molecule has 0 saturated carbocycles. The molecule has 144 valence electrons. The van der Waals surface area contributed by atoms with Crippen LogP contribution in [0.15, 0.2) is 10.6 Å². The zero-order valence-electron chi connectivity index (χ0n) is 15.3. The number of thioether (sulfide) groups is 1. The van der Waals surface area contributed by atoms with Crippen molar-refractivity contribution in [2.45, 2.75) is 43.7 Å². The minimum atomic E-state index is -1.12. The second-order valence-electron chi connectivity index (χ2n) is 7.44. The normalized spacial score (nSPS) is 34.6. The highest BCUT2D eigenvalue weighted by molar-refractivity contribution is 8.03. The van der Waals surface area contributed by atoms with Crippen LogP contribution < -0.4 is 5.32 Å². The molecule has 6 atom stereocenters. The lowest BCUT2D eigenvalue weighted by molar-refractivity contribution is -0.163. The maximum atomic E-state index is 12.3. The van der Waals surface area contributed by atoms with Crippen LogP contribution in [0.2, 0.25) is 0 Å². The summed E-state index contributed by atoms with van der Waals surface area (Å²) in [6.45, 7) is 4.08. The van der Waals surface area contributed by atoms with Crippen LogP contribution in [0.4, 0.5) is 0 Å². The van der Waals surface area contributed by atoms with Gasteiger partial charge >= 0.3 is 5.97 Å². The molecule has 3 heterocycles. The van der Waals surface area contributed by atoms with E-state index in [4.69, 9.17) is 0 Å². The number of nitrogens with one attached hydrogen (secondary N) is 1. The van der Waals surface area contributed by atoms with E-state index < -0.39 is 18.0 Å². The molecule has 3 aliphatic rings. The molecule has 2 fully saturated rings. The number of carbonyl (C=O) groups is 3. The Bertz CT molecular complexity index is 677. The number of aliphatic hydroxyl groups excluding tert-OH is 1. The van der Waals surface area contributed by atoms with E-state index in [0.717, 1.165) is 0 Å². The highest BCUT2D eigenvalue weighted by Crippen LogP contribution is 2.51. The van der Waals surface area contributed by atoms with Crippen LogP contribution in [-0.4, -0.2) is 81.9 Å². The number of aliphatic carboxylic acids is 1. The molecule has 3 N–H and O–H groups in total. The number of nitrogens with zero attached hydrogens (tertiary/aromatic N) is 2. The third-order valence-electron chi connectivity index (χ3n) is 5.43. The average molecular weight is 383 g/mol. The molecule has 8 nitrogen and oxygen atoms in total. The van der Waals surface area contributed by atoms with Gasteiger partial charge in [0.1, 0.15) is 5.70 Å². The van der Waals surface area contributed by atoms with Crippen LogP contribution in [0.3, 0.4) is 0 Å². The molecule has 0 aromatic heterocycles. The Kier molecular flexibility index (Phi) is 5.06. The number of carbonyl (C=O) groups excluding carboxylic acids is 2.